The predicted octanol–water partition coefficient (Wildman–Crippen LogP) is 2.55. The molecule has 0 bridgehead atoms. The molecule has 0 spiro atoms. The molecule has 3 aromatic rings. The topological polar surface area (TPSA) is 113 Å². The summed E-state index contributed by atoms with van der Waals surface area (Å²) in [7, 11) is 0. The number of imidazole rings is 1. The van der Waals surface area contributed by atoms with Crippen LogP contribution in [-0.4, -0.2) is 21.8 Å². The lowest BCUT2D eigenvalue weighted by Crippen LogP contribution is -2.30. The number of carbonyl (C=O) groups is 2. The van der Waals surface area contributed by atoms with Gasteiger partial charge < -0.3 is 21.4 Å². The third-order valence-electron chi connectivity index (χ3n) is 4.84. The summed E-state index contributed by atoms with van der Waals surface area (Å²) in [6.45, 7) is 0.336. The summed E-state index contributed by atoms with van der Waals surface area (Å²) in [6, 6.07) is 13.3. The number of anilines is 2. The maximum atomic E-state index is 12.3. The number of carbonyl (C=O) groups excluding carboxylic acids is 2. The molecule has 2 aromatic carbocycles. The number of H-pyrrole nitrogens is 1. The van der Waals surface area contributed by atoms with Crippen LogP contribution >= 0.6 is 0 Å². The Hall–Kier alpha value is -3.19. The van der Waals surface area contributed by atoms with E-state index in [0.29, 0.717) is 30.9 Å². The van der Waals surface area contributed by atoms with Gasteiger partial charge in [0.1, 0.15) is 5.82 Å². The van der Waals surface area contributed by atoms with Crippen molar-refractivity contribution in [2.75, 3.05) is 10.6 Å². The van der Waals surface area contributed by atoms with Crippen LogP contribution in [0, 0.1) is 5.92 Å². The first-order valence-electron chi connectivity index (χ1n) is 8.99. The number of nitrogens with zero attached hydrogens (tertiary/aromatic N) is 1. The van der Waals surface area contributed by atoms with Crippen molar-refractivity contribution in [3.05, 3.63) is 53.9 Å². The second-order valence-corrected chi connectivity index (χ2v) is 6.75. The van der Waals surface area contributed by atoms with E-state index in [-0.39, 0.29) is 24.2 Å². The molecule has 1 aromatic heterocycles. The molecular weight excluding hydrogens is 342 g/mol. The number of aromatic nitrogens is 2. The van der Waals surface area contributed by atoms with E-state index in [1.165, 1.54) is 0 Å². The van der Waals surface area contributed by atoms with E-state index < -0.39 is 0 Å². The number of benzene rings is 2. The molecule has 1 atom stereocenters. The standard InChI is InChI=1S/C20H21N5O2/c21-11-18-23-16-7-6-14(10-17(16)24-18)22-19(26)8-5-13-9-12-3-1-2-4-15(12)25-20(13)27/h1-4,6-7,10,13H,5,8-9,11,21H2,(H,22,26)(H,23,24)(H,25,27). The average molecular weight is 363 g/mol. The number of para-hydroxylation sites is 1. The minimum Gasteiger partial charge on any atom is -0.341 e. The Morgan fingerprint density at radius 3 is 2.96 bits per heavy atom. The van der Waals surface area contributed by atoms with Crippen LogP contribution in [0.5, 0.6) is 0 Å². The van der Waals surface area contributed by atoms with Gasteiger partial charge in [0, 0.05) is 23.7 Å². The Morgan fingerprint density at radius 2 is 2.11 bits per heavy atom. The number of hydrogen-bond acceptors (Lipinski definition) is 4. The molecule has 1 aliphatic rings. The van der Waals surface area contributed by atoms with Crippen molar-refractivity contribution in [3.8, 4) is 0 Å². The number of fused-ring (bicyclic) bond motifs is 2. The van der Waals surface area contributed by atoms with Crippen LogP contribution in [0.4, 0.5) is 11.4 Å². The summed E-state index contributed by atoms with van der Waals surface area (Å²) in [6.07, 6.45) is 1.46. The number of hydrogen-bond donors (Lipinski definition) is 4. The van der Waals surface area contributed by atoms with E-state index in [9.17, 15) is 9.59 Å². The average Bonchev–Trinajstić information content (AvgIpc) is 3.09. The smallest absolute Gasteiger partial charge is 0.227 e. The van der Waals surface area contributed by atoms with Gasteiger partial charge in [-0.25, -0.2) is 4.98 Å². The second kappa shape index (κ2) is 7.20. The van der Waals surface area contributed by atoms with Crippen molar-refractivity contribution >= 4 is 34.2 Å². The van der Waals surface area contributed by atoms with Gasteiger partial charge >= 0.3 is 0 Å². The highest BCUT2D eigenvalue weighted by Gasteiger charge is 2.26. The summed E-state index contributed by atoms with van der Waals surface area (Å²) in [4.78, 5) is 32.0. The Balaban J connectivity index is 1.36. The lowest BCUT2D eigenvalue weighted by molar-refractivity contribution is -0.121. The van der Waals surface area contributed by atoms with E-state index in [4.69, 9.17) is 5.73 Å². The first kappa shape index (κ1) is 17.2. The molecule has 0 radical (unpaired) electrons. The van der Waals surface area contributed by atoms with Gasteiger partial charge in [-0.3, -0.25) is 9.59 Å². The van der Waals surface area contributed by atoms with Gasteiger partial charge in [0.15, 0.2) is 0 Å². The first-order chi connectivity index (χ1) is 13.1. The van der Waals surface area contributed by atoms with Gasteiger partial charge in [-0.1, -0.05) is 18.2 Å². The molecule has 0 saturated heterocycles. The zero-order valence-electron chi connectivity index (χ0n) is 14.8. The zero-order valence-corrected chi connectivity index (χ0v) is 14.8. The normalized spacial score (nSPS) is 16.0. The van der Waals surface area contributed by atoms with Crippen LogP contribution in [0.25, 0.3) is 11.0 Å². The molecule has 27 heavy (non-hydrogen) atoms. The van der Waals surface area contributed by atoms with Gasteiger partial charge in [-0.15, -0.1) is 0 Å². The van der Waals surface area contributed by atoms with Crippen molar-refractivity contribution in [2.45, 2.75) is 25.8 Å². The Labute approximate surface area is 156 Å². The fraction of sp³-hybridized carbons (Fsp3) is 0.250. The van der Waals surface area contributed by atoms with Crippen LogP contribution in [0.15, 0.2) is 42.5 Å². The highest BCUT2D eigenvalue weighted by Crippen LogP contribution is 2.27. The van der Waals surface area contributed by atoms with Gasteiger partial charge in [0.05, 0.1) is 17.6 Å². The van der Waals surface area contributed by atoms with E-state index in [0.717, 1.165) is 22.3 Å². The van der Waals surface area contributed by atoms with Gasteiger partial charge in [-0.05, 0) is 42.7 Å². The molecule has 2 heterocycles. The second-order valence-electron chi connectivity index (χ2n) is 6.75. The van der Waals surface area contributed by atoms with Crippen molar-refractivity contribution in [2.24, 2.45) is 11.7 Å². The summed E-state index contributed by atoms with van der Waals surface area (Å²) in [5.41, 5.74) is 9.90. The summed E-state index contributed by atoms with van der Waals surface area (Å²) in [5, 5.41) is 5.80. The highest BCUT2D eigenvalue weighted by atomic mass is 16.2. The molecule has 5 N–H and O–H groups in total. The summed E-state index contributed by atoms with van der Waals surface area (Å²) >= 11 is 0. The SMILES string of the molecule is NCc1nc2ccc(NC(=O)CCC3Cc4ccccc4NC3=O)cc2[nH]1. The molecular formula is C20H21N5O2. The number of nitrogens with one attached hydrogen (secondary N) is 3. The molecule has 0 aliphatic carbocycles. The van der Waals surface area contributed by atoms with Gasteiger partial charge in [0.25, 0.3) is 0 Å². The maximum absolute atomic E-state index is 12.3. The van der Waals surface area contributed by atoms with Crippen LogP contribution in [0.1, 0.15) is 24.2 Å². The monoisotopic (exact) mass is 363 g/mol. The minimum absolute atomic E-state index is 0.0188. The Kier molecular flexibility index (Phi) is 4.60. The first-order valence-corrected chi connectivity index (χ1v) is 8.99. The van der Waals surface area contributed by atoms with Gasteiger partial charge in [-0.2, -0.15) is 0 Å². The van der Waals surface area contributed by atoms with Crippen LogP contribution in [0.2, 0.25) is 0 Å². The van der Waals surface area contributed by atoms with Crippen LogP contribution in [0.3, 0.4) is 0 Å². The fourth-order valence-corrected chi connectivity index (χ4v) is 3.41. The number of rotatable bonds is 5. The molecule has 7 nitrogen and oxygen atoms in total. The molecule has 138 valence electrons. The Morgan fingerprint density at radius 1 is 1.26 bits per heavy atom. The van der Waals surface area contributed by atoms with E-state index in [1.54, 1.807) is 0 Å². The molecule has 0 saturated carbocycles. The molecule has 2 amide bonds. The third kappa shape index (κ3) is 3.68. The number of amides is 2. The Bertz CT molecular complexity index is 1010. The van der Waals surface area contributed by atoms with Crippen molar-refractivity contribution in [1.29, 1.82) is 0 Å². The highest BCUT2D eigenvalue weighted by molar-refractivity contribution is 5.97. The predicted molar refractivity (Wildman–Crippen MR) is 104 cm³/mol. The van der Waals surface area contributed by atoms with Crippen LogP contribution in [-0.2, 0) is 22.6 Å². The summed E-state index contributed by atoms with van der Waals surface area (Å²) in [5.74, 6) is 0.388. The number of nitrogens with two attached hydrogens (primary N) is 1. The lowest BCUT2D eigenvalue weighted by Gasteiger charge is -2.24. The van der Waals surface area contributed by atoms with Gasteiger partial charge in [0.2, 0.25) is 11.8 Å². The van der Waals surface area contributed by atoms with E-state index in [1.807, 2.05) is 42.5 Å². The molecule has 7 heteroatoms. The van der Waals surface area contributed by atoms with E-state index in [2.05, 4.69) is 20.6 Å². The lowest BCUT2D eigenvalue weighted by atomic mass is 9.89. The quantitative estimate of drug-likeness (QED) is 0.558. The molecule has 4 rings (SSSR count). The largest absolute Gasteiger partial charge is 0.341 e. The maximum Gasteiger partial charge on any atom is 0.227 e. The molecule has 1 aliphatic heterocycles. The number of aromatic amines is 1. The van der Waals surface area contributed by atoms with Crippen molar-refractivity contribution < 1.29 is 9.59 Å². The zero-order chi connectivity index (χ0) is 18.8. The third-order valence-corrected chi connectivity index (χ3v) is 4.84. The van der Waals surface area contributed by atoms with Crippen LogP contribution < -0.4 is 16.4 Å². The van der Waals surface area contributed by atoms with E-state index >= 15 is 0 Å². The van der Waals surface area contributed by atoms with Crippen molar-refractivity contribution in [1.82, 2.24) is 9.97 Å². The fourth-order valence-electron chi connectivity index (χ4n) is 3.41. The molecule has 1 unspecified atom stereocenters. The minimum atomic E-state index is -0.187. The summed E-state index contributed by atoms with van der Waals surface area (Å²) < 4.78 is 0. The van der Waals surface area contributed by atoms with Crippen molar-refractivity contribution in [3.63, 3.8) is 0 Å². The molecule has 0 fully saturated rings.